The number of aromatic nitrogens is 5. The molecule has 0 saturated heterocycles. The Morgan fingerprint density at radius 1 is 1.10 bits per heavy atom. The predicted molar refractivity (Wildman–Crippen MR) is 127 cm³/mol. The van der Waals surface area contributed by atoms with Gasteiger partial charge in [-0.05, 0) is 42.9 Å². The summed E-state index contributed by atoms with van der Waals surface area (Å²) >= 11 is 7.94. The zero-order chi connectivity index (χ0) is 21.6. The number of nitrogens with zero attached hydrogens (tertiary/aromatic N) is 5. The second-order valence-electron chi connectivity index (χ2n) is 7.47. The smallest absolute Gasteiger partial charge is 0.191 e. The monoisotopic (exact) mass is 475 g/mol. The summed E-state index contributed by atoms with van der Waals surface area (Å²) in [7, 11) is -0.923. The van der Waals surface area contributed by atoms with Gasteiger partial charge in [-0.2, -0.15) is 0 Å². The lowest BCUT2D eigenvalue weighted by Gasteiger charge is -2.36. The maximum atomic E-state index is 6.33. The summed E-state index contributed by atoms with van der Waals surface area (Å²) in [4.78, 5) is 9.03. The molecule has 0 bridgehead atoms. The van der Waals surface area contributed by atoms with Gasteiger partial charge in [-0.25, -0.2) is 14.6 Å². The van der Waals surface area contributed by atoms with Crippen molar-refractivity contribution in [2.75, 3.05) is 36.2 Å². The van der Waals surface area contributed by atoms with Crippen molar-refractivity contribution in [1.82, 2.24) is 25.0 Å². The minimum Gasteiger partial charge on any atom is -0.376 e. The third kappa shape index (κ3) is 5.59. The molecule has 0 N–H and O–H groups in total. The van der Waals surface area contributed by atoms with E-state index in [1.165, 1.54) is 0 Å². The highest BCUT2D eigenvalue weighted by molar-refractivity contribution is 8.29. The fourth-order valence-electron chi connectivity index (χ4n) is 3.86. The molecular formula is C20H34ClN5O2S2. The lowest BCUT2D eigenvalue weighted by atomic mass is 10.2. The molecule has 10 heteroatoms. The van der Waals surface area contributed by atoms with Gasteiger partial charge < -0.3 is 8.92 Å². The Labute approximate surface area is 190 Å². The van der Waals surface area contributed by atoms with Crippen LogP contribution >= 0.6 is 33.7 Å². The predicted octanol–water partition coefficient (Wildman–Crippen LogP) is 5.28. The Hall–Kier alpha value is -0.610. The molecule has 170 valence electrons. The van der Waals surface area contributed by atoms with Gasteiger partial charge in [0.1, 0.15) is 0 Å². The van der Waals surface area contributed by atoms with E-state index in [-0.39, 0.29) is 12.1 Å². The van der Waals surface area contributed by atoms with Gasteiger partial charge in [-0.1, -0.05) is 56.3 Å². The summed E-state index contributed by atoms with van der Waals surface area (Å²) in [5.41, 5.74) is 1.30. The molecule has 0 aromatic carbocycles. The van der Waals surface area contributed by atoms with Crippen LogP contribution in [0.1, 0.15) is 59.4 Å². The zero-order valence-electron chi connectivity index (χ0n) is 18.5. The van der Waals surface area contributed by atoms with Crippen molar-refractivity contribution >= 4 is 44.8 Å². The zero-order valence-corrected chi connectivity index (χ0v) is 20.9. The molecule has 1 saturated carbocycles. The molecule has 1 aliphatic rings. The fraction of sp³-hybridized carbons (Fsp3) is 0.800. The Kier molecular flexibility index (Phi) is 9.07. The molecule has 2 atom stereocenters. The number of hydrogen-bond acceptors (Lipinski definition) is 7. The first kappa shape index (κ1) is 24.0. The van der Waals surface area contributed by atoms with Crippen LogP contribution in [0.5, 0.6) is 0 Å². The van der Waals surface area contributed by atoms with Gasteiger partial charge in [-0.15, -0.1) is 15.4 Å². The fourth-order valence-corrected chi connectivity index (χ4v) is 6.95. The van der Waals surface area contributed by atoms with Gasteiger partial charge in [-0.3, -0.25) is 0 Å². The third-order valence-electron chi connectivity index (χ3n) is 5.75. The molecule has 1 fully saturated rings. The molecule has 30 heavy (non-hydrogen) atoms. The topological polar surface area (TPSA) is 75.0 Å². The highest BCUT2D eigenvalue weighted by Gasteiger charge is 2.30. The summed E-state index contributed by atoms with van der Waals surface area (Å²) in [5.74, 6) is 4.32. The lowest BCUT2D eigenvalue weighted by molar-refractivity contribution is 0.0384. The van der Waals surface area contributed by atoms with E-state index >= 15 is 0 Å². The summed E-state index contributed by atoms with van der Waals surface area (Å²) < 4.78 is 14.3. The molecule has 3 rings (SSSR count). The molecule has 1 aliphatic carbocycles. The highest BCUT2D eigenvalue weighted by atomic mass is 35.5. The van der Waals surface area contributed by atoms with Crippen molar-refractivity contribution in [3.8, 4) is 0 Å². The van der Waals surface area contributed by atoms with Crippen LogP contribution in [-0.4, -0.2) is 67.3 Å². The molecule has 0 amide bonds. The van der Waals surface area contributed by atoms with Crippen LogP contribution in [0.2, 0.25) is 5.15 Å². The standard InChI is InChI=1S/C20H34ClN5O2S2/c1-5-13-29-20-22-18(21)17-19(23-20)26(25-24-17)15-9-10-16(14-15)27-11-12-28-30(6-2,7-3)8-4/h15-16H,5-14H2,1-4H3. The Morgan fingerprint density at radius 3 is 2.57 bits per heavy atom. The summed E-state index contributed by atoms with van der Waals surface area (Å²) in [6.07, 6.45) is 4.19. The van der Waals surface area contributed by atoms with Crippen molar-refractivity contribution < 1.29 is 8.92 Å². The van der Waals surface area contributed by atoms with Crippen LogP contribution < -0.4 is 0 Å². The van der Waals surface area contributed by atoms with Crippen molar-refractivity contribution in [2.45, 2.75) is 70.7 Å². The average molecular weight is 476 g/mol. The molecule has 0 radical (unpaired) electrons. The second kappa shape index (κ2) is 11.3. The summed E-state index contributed by atoms with van der Waals surface area (Å²) in [5, 5.41) is 9.64. The number of hydrogen-bond donors (Lipinski definition) is 0. The number of rotatable bonds is 12. The molecule has 2 unspecified atom stereocenters. The van der Waals surface area contributed by atoms with Gasteiger partial charge in [0.25, 0.3) is 0 Å². The largest absolute Gasteiger partial charge is 0.376 e. The molecular weight excluding hydrogens is 442 g/mol. The van der Waals surface area contributed by atoms with Crippen LogP contribution in [-0.2, 0) is 8.92 Å². The maximum absolute atomic E-state index is 6.33. The van der Waals surface area contributed by atoms with Gasteiger partial charge in [0.15, 0.2) is 21.5 Å². The number of halogens is 1. The van der Waals surface area contributed by atoms with Gasteiger partial charge in [0.05, 0.1) is 25.4 Å². The minimum absolute atomic E-state index is 0.221. The van der Waals surface area contributed by atoms with Crippen molar-refractivity contribution in [3.05, 3.63) is 5.15 Å². The van der Waals surface area contributed by atoms with E-state index in [0.29, 0.717) is 29.0 Å². The molecule has 0 aliphatic heterocycles. The summed E-state index contributed by atoms with van der Waals surface area (Å²) in [6, 6.07) is 0.225. The Bertz CT molecular complexity index is 810. The first-order valence-electron chi connectivity index (χ1n) is 11.0. The highest BCUT2D eigenvalue weighted by Crippen LogP contribution is 2.47. The van der Waals surface area contributed by atoms with E-state index in [1.807, 2.05) is 4.68 Å². The normalized spacial score (nSPS) is 20.3. The maximum Gasteiger partial charge on any atom is 0.191 e. The molecule has 7 nitrogen and oxygen atoms in total. The minimum atomic E-state index is -0.923. The quantitative estimate of drug-likeness (QED) is 0.179. The van der Waals surface area contributed by atoms with Crippen LogP contribution in [0.25, 0.3) is 11.2 Å². The summed E-state index contributed by atoms with van der Waals surface area (Å²) in [6.45, 7) is 10.2. The van der Waals surface area contributed by atoms with E-state index < -0.39 is 10.3 Å². The number of ether oxygens (including phenoxy) is 1. The molecule has 2 heterocycles. The van der Waals surface area contributed by atoms with Crippen molar-refractivity contribution in [2.24, 2.45) is 0 Å². The first-order chi connectivity index (χ1) is 14.6. The van der Waals surface area contributed by atoms with Crippen LogP contribution in [0.15, 0.2) is 5.16 Å². The van der Waals surface area contributed by atoms with Gasteiger partial charge in [0.2, 0.25) is 0 Å². The average Bonchev–Trinajstić information content (AvgIpc) is 3.40. The molecule has 0 spiro atoms. The van der Waals surface area contributed by atoms with E-state index in [4.69, 9.17) is 20.5 Å². The Morgan fingerprint density at radius 2 is 1.87 bits per heavy atom. The SMILES string of the molecule is CCCSc1nc(Cl)c2nnn(C3CCC(OCCOS(CC)(CC)CC)C3)c2n1. The Balaban J connectivity index is 1.57. The van der Waals surface area contributed by atoms with E-state index in [0.717, 1.165) is 54.3 Å². The second-order valence-corrected chi connectivity index (χ2v) is 12.8. The van der Waals surface area contributed by atoms with Crippen LogP contribution in [0.3, 0.4) is 0 Å². The van der Waals surface area contributed by atoms with Crippen molar-refractivity contribution in [1.29, 1.82) is 0 Å². The first-order valence-corrected chi connectivity index (χ1v) is 14.4. The van der Waals surface area contributed by atoms with E-state index in [1.54, 1.807) is 11.8 Å². The lowest BCUT2D eigenvalue weighted by Crippen LogP contribution is -2.18. The van der Waals surface area contributed by atoms with Gasteiger partial charge in [0, 0.05) is 5.75 Å². The van der Waals surface area contributed by atoms with Crippen molar-refractivity contribution in [3.63, 3.8) is 0 Å². The molecule has 2 aromatic heterocycles. The van der Waals surface area contributed by atoms with E-state index in [9.17, 15) is 0 Å². The van der Waals surface area contributed by atoms with E-state index in [2.05, 4.69) is 48.0 Å². The molecule has 2 aromatic rings. The van der Waals surface area contributed by atoms with Crippen LogP contribution in [0.4, 0.5) is 0 Å². The van der Waals surface area contributed by atoms with Gasteiger partial charge >= 0.3 is 0 Å². The number of fused-ring (bicyclic) bond motifs is 1. The number of thioether (sulfide) groups is 1. The van der Waals surface area contributed by atoms with Crippen LogP contribution in [0, 0.1) is 0 Å². The third-order valence-corrected chi connectivity index (χ3v) is 10.9.